The molecule has 2 aromatic carbocycles. The first-order valence-electron chi connectivity index (χ1n) is 11.6. The lowest BCUT2D eigenvalue weighted by Gasteiger charge is -2.42. The number of amides is 2. The maximum absolute atomic E-state index is 13.4. The molecule has 0 radical (unpaired) electrons. The van der Waals surface area contributed by atoms with Crippen LogP contribution in [0.1, 0.15) is 24.0 Å². The summed E-state index contributed by atoms with van der Waals surface area (Å²) in [6.07, 6.45) is 3.12. The largest absolute Gasteiger partial charge is 0.324 e. The zero-order valence-electron chi connectivity index (χ0n) is 19.4. The summed E-state index contributed by atoms with van der Waals surface area (Å²) in [4.78, 5) is 19.2. The molecular formula is C25H31N5O3S. The molecule has 1 N–H and O–H groups in total. The highest BCUT2D eigenvalue weighted by Crippen LogP contribution is 2.25. The van der Waals surface area contributed by atoms with Gasteiger partial charge in [-0.05, 0) is 55.6 Å². The molecule has 34 heavy (non-hydrogen) atoms. The third-order valence-corrected chi connectivity index (χ3v) is 7.21. The predicted octanol–water partition coefficient (Wildman–Crippen LogP) is 2.63. The predicted molar refractivity (Wildman–Crippen MR) is 132 cm³/mol. The van der Waals surface area contributed by atoms with Gasteiger partial charge in [0.05, 0.1) is 23.9 Å². The highest BCUT2D eigenvalue weighted by Gasteiger charge is 2.35. The smallest absolute Gasteiger partial charge is 0.322 e. The van der Waals surface area contributed by atoms with Gasteiger partial charge < -0.3 is 4.90 Å². The molecule has 0 aliphatic carbocycles. The van der Waals surface area contributed by atoms with Gasteiger partial charge in [-0.15, -0.1) is 0 Å². The minimum Gasteiger partial charge on any atom is -0.322 e. The van der Waals surface area contributed by atoms with Crippen LogP contribution in [0.3, 0.4) is 0 Å². The highest BCUT2D eigenvalue weighted by atomic mass is 32.2. The number of carbonyl (C=O) groups excluding carboxylic acids is 1. The van der Waals surface area contributed by atoms with Crippen LogP contribution in [0.5, 0.6) is 0 Å². The van der Waals surface area contributed by atoms with Crippen molar-refractivity contribution >= 4 is 21.7 Å². The Bertz CT molecular complexity index is 1140. The summed E-state index contributed by atoms with van der Waals surface area (Å²) in [7, 11) is -3.43. The number of rotatable bonds is 7. The van der Waals surface area contributed by atoms with Gasteiger partial charge in [-0.1, -0.05) is 36.4 Å². The first-order chi connectivity index (χ1) is 16.3. The van der Waals surface area contributed by atoms with Crippen LogP contribution in [0.4, 0.5) is 10.5 Å². The van der Waals surface area contributed by atoms with Crippen LogP contribution in [0.25, 0.3) is 0 Å². The Morgan fingerprint density at radius 1 is 1.06 bits per heavy atom. The molecule has 180 valence electrons. The molecule has 0 bridgehead atoms. The van der Waals surface area contributed by atoms with Crippen LogP contribution in [0.15, 0.2) is 54.6 Å². The summed E-state index contributed by atoms with van der Waals surface area (Å²) >= 11 is 0. The maximum Gasteiger partial charge on any atom is 0.324 e. The first kappa shape index (κ1) is 24.2. The highest BCUT2D eigenvalue weighted by molar-refractivity contribution is 7.88. The third-order valence-electron chi connectivity index (χ3n) is 6.45. The molecule has 9 heteroatoms. The van der Waals surface area contributed by atoms with Gasteiger partial charge in [-0.3, -0.25) is 9.80 Å². The van der Waals surface area contributed by atoms with Crippen molar-refractivity contribution in [2.75, 3.05) is 43.9 Å². The van der Waals surface area contributed by atoms with Crippen molar-refractivity contribution < 1.29 is 13.2 Å². The van der Waals surface area contributed by atoms with Gasteiger partial charge in [0.2, 0.25) is 10.0 Å². The first-order valence-corrected chi connectivity index (χ1v) is 13.5. The Hall–Kier alpha value is -2.93. The molecule has 0 saturated carbocycles. The molecular weight excluding hydrogens is 450 g/mol. The average molecular weight is 482 g/mol. The Labute approximate surface area is 201 Å². The SMILES string of the molecule is CS(=O)(=O)NC1CN(CC2CCN(Cc3ccccc3)CC2)C(=O)N(c2cccc(C#N)c2)C1. The lowest BCUT2D eigenvalue weighted by Crippen LogP contribution is -2.61. The van der Waals surface area contributed by atoms with E-state index in [9.17, 15) is 18.5 Å². The van der Waals surface area contributed by atoms with E-state index in [2.05, 4.69) is 40.0 Å². The molecule has 8 nitrogen and oxygen atoms in total. The van der Waals surface area contributed by atoms with Crippen LogP contribution in [0, 0.1) is 17.2 Å². The molecule has 2 aromatic rings. The van der Waals surface area contributed by atoms with Crippen molar-refractivity contribution in [3.05, 3.63) is 65.7 Å². The summed E-state index contributed by atoms with van der Waals surface area (Å²) in [6, 6.07) is 18.8. The molecule has 4 rings (SSSR count). The van der Waals surface area contributed by atoms with Crippen LogP contribution in [-0.4, -0.2) is 69.3 Å². The van der Waals surface area contributed by atoms with E-state index in [1.807, 2.05) is 6.07 Å². The van der Waals surface area contributed by atoms with E-state index in [4.69, 9.17) is 0 Å². The lowest BCUT2D eigenvalue weighted by atomic mass is 9.95. The number of sulfonamides is 1. The van der Waals surface area contributed by atoms with Crippen molar-refractivity contribution in [2.45, 2.75) is 25.4 Å². The lowest BCUT2D eigenvalue weighted by molar-refractivity contribution is 0.135. The minimum absolute atomic E-state index is 0.145. The molecule has 0 aromatic heterocycles. The number of urea groups is 1. The standard InChI is InChI=1S/C25H31N5O3S/c1-34(32,33)27-23-18-29(25(31)30(19-23)24-9-5-8-22(14-24)15-26)17-21-10-12-28(13-11-21)16-20-6-3-2-4-7-20/h2-9,14,21,23,27H,10-13,16-19H2,1H3. The second kappa shape index (κ2) is 10.6. The third kappa shape index (κ3) is 6.35. The second-order valence-corrected chi connectivity index (χ2v) is 11.0. The Morgan fingerprint density at radius 3 is 2.47 bits per heavy atom. The number of nitriles is 1. The van der Waals surface area contributed by atoms with E-state index >= 15 is 0 Å². The number of hydrogen-bond acceptors (Lipinski definition) is 5. The molecule has 2 aliphatic heterocycles. The van der Waals surface area contributed by atoms with Crippen molar-refractivity contribution in [3.8, 4) is 6.07 Å². The molecule has 2 fully saturated rings. The van der Waals surface area contributed by atoms with Gasteiger partial charge in [0.1, 0.15) is 0 Å². The average Bonchev–Trinajstić information content (AvgIpc) is 2.82. The van der Waals surface area contributed by atoms with Crippen molar-refractivity contribution in [1.29, 1.82) is 5.26 Å². The quantitative estimate of drug-likeness (QED) is 0.656. The molecule has 0 spiro atoms. The van der Waals surface area contributed by atoms with Crippen LogP contribution >= 0.6 is 0 Å². The molecule has 2 heterocycles. The molecule has 2 amide bonds. The number of benzene rings is 2. The van der Waals surface area contributed by atoms with Gasteiger partial charge in [0, 0.05) is 31.9 Å². The second-order valence-electron chi connectivity index (χ2n) is 9.25. The van der Waals surface area contributed by atoms with E-state index < -0.39 is 16.1 Å². The molecule has 2 aliphatic rings. The van der Waals surface area contributed by atoms with Gasteiger partial charge in [0.15, 0.2) is 0 Å². The van der Waals surface area contributed by atoms with E-state index in [1.165, 1.54) is 5.56 Å². The fraction of sp³-hybridized carbons (Fsp3) is 0.440. The number of anilines is 1. The van der Waals surface area contributed by atoms with Gasteiger partial charge in [-0.2, -0.15) is 5.26 Å². The molecule has 2 saturated heterocycles. The normalized spacial score (nSPS) is 20.4. The number of likely N-dealkylation sites (tertiary alicyclic amines) is 1. The van der Waals surface area contributed by atoms with Crippen LogP contribution in [0.2, 0.25) is 0 Å². The van der Waals surface area contributed by atoms with E-state index in [-0.39, 0.29) is 12.6 Å². The number of hydrogen-bond donors (Lipinski definition) is 1. The summed E-state index contributed by atoms with van der Waals surface area (Å²) in [5, 5.41) is 9.25. The number of carbonyl (C=O) groups is 1. The minimum atomic E-state index is -3.43. The summed E-state index contributed by atoms with van der Waals surface area (Å²) < 4.78 is 26.5. The molecule has 1 atom stereocenters. The van der Waals surface area contributed by atoms with Crippen molar-refractivity contribution in [3.63, 3.8) is 0 Å². The summed E-state index contributed by atoms with van der Waals surface area (Å²) in [5.41, 5.74) is 2.37. The summed E-state index contributed by atoms with van der Waals surface area (Å²) in [5.74, 6) is 0.361. The Morgan fingerprint density at radius 2 is 1.79 bits per heavy atom. The zero-order chi connectivity index (χ0) is 24.1. The number of nitrogens with zero attached hydrogens (tertiary/aromatic N) is 4. The monoisotopic (exact) mass is 481 g/mol. The number of nitrogens with one attached hydrogen (secondary N) is 1. The fourth-order valence-corrected chi connectivity index (χ4v) is 5.60. The Kier molecular flexibility index (Phi) is 7.51. The topological polar surface area (TPSA) is 96.8 Å². The van der Waals surface area contributed by atoms with E-state index in [0.29, 0.717) is 30.3 Å². The van der Waals surface area contributed by atoms with Crippen molar-refractivity contribution in [2.24, 2.45) is 5.92 Å². The number of piperidine rings is 1. The maximum atomic E-state index is 13.4. The van der Waals surface area contributed by atoms with Crippen molar-refractivity contribution in [1.82, 2.24) is 14.5 Å². The van der Waals surface area contributed by atoms with Crippen LogP contribution in [-0.2, 0) is 16.6 Å². The van der Waals surface area contributed by atoms with Gasteiger partial charge in [0.25, 0.3) is 0 Å². The fourth-order valence-electron chi connectivity index (χ4n) is 4.84. The summed E-state index contributed by atoms with van der Waals surface area (Å²) in [6.45, 7) is 4.03. The van der Waals surface area contributed by atoms with Crippen LogP contribution < -0.4 is 9.62 Å². The zero-order valence-corrected chi connectivity index (χ0v) is 20.2. The van der Waals surface area contributed by atoms with E-state index in [1.54, 1.807) is 34.1 Å². The van der Waals surface area contributed by atoms with Gasteiger partial charge >= 0.3 is 6.03 Å². The Balaban J connectivity index is 1.43. The van der Waals surface area contributed by atoms with E-state index in [0.717, 1.165) is 38.7 Å². The van der Waals surface area contributed by atoms with Gasteiger partial charge in [-0.25, -0.2) is 17.9 Å². The molecule has 1 unspecified atom stereocenters.